The van der Waals surface area contributed by atoms with E-state index in [0.29, 0.717) is 28.6 Å². The first kappa shape index (κ1) is 19.5. The van der Waals surface area contributed by atoms with Crippen molar-refractivity contribution in [3.8, 4) is 0 Å². The van der Waals surface area contributed by atoms with Gasteiger partial charge in [0.15, 0.2) is 0 Å². The number of carbonyl (C=O) groups is 3. The van der Waals surface area contributed by atoms with E-state index in [9.17, 15) is 14.4 Å². The number of likely N-dealkylation sites (tertiary alicyclic amines) is 1. The van der Waals surface area contributed by atoms with E-state index in [1.807, 2.05) is 0 Å². The molecule has 2 N–H and O–H groups in total. The van der Waals surface area contributed by atoms with Gasteiger partial charge in [0.25, 0.3) is 5.91 Å². The lowest BCUT2D eigenvalue weighted by molar-refractivity contribution is -0.138. The summed E-state index contributed by atoms with van der Waals surface area (Å²) in [5.41, 5.74) is 0.344. The van der Waals surface area contributed by atoms with E-state index in [2.05, 4.69) is 5.32 Å². The fourth-order valence-corrected chi connectivity index (χ4v) is 3.41. The van der Waals surface area contributed by atoms with Crippen LogP contribution < -0.4 is 5.32 Å². The maximum absolute atomic E-state index is 12.7. The van der Waals surface area contributed by atoms with Crippen LogP contribution in [0.4, 0.5) is 0 Å². The Labute approximate surface area is 156 Å². The second-order valence-corrected chi connectivity index (χ2v) is 7.14. The summed E-state index contributed by atoms with van der Waals surface area (Å²) in [7, 11) is 0. The number of nitrogens with one attached hydrogen (secondary N) is 1. The van der Waals surface area contributed by atoms with Crippen molar-refractivity contribution < 1.29 is 19.5 Å². The van der Waals surface area contributed by atoms with Gasteiger partial charge >= 0.3 is 5.97 Å². The van der Waals surface area contributed by atoms with Crippen LogP contribution in [-0.4, -0.2) is 46.9 Å². The molecule has 25 heavy (non-hydrogen) atoms. The van der Waals surface area contributed by atoms with Gasteiger partial charge in [-0.25, -0.2) is 0 Å². The highest BCUT2D eigenvalue weighted by molar-refractivity contribution is 6.35. The van der Waals surface area contributed by atoms with Crippen LogP contribution in [0.25, 0.3) is 0 Å². The largest absolute Gasteiger partial charge is 0.481 e. The van der Waals surface area contributed by atoms with Gasteiger partial charge in [-0.3, -0.25) is 14.4 Å². The van der Waals surface area contributed by atoms with Gasteiger partial charge in [-0.1, -0.05) is 30.1 Å². The fraction of sp³-hybridized carbons (Fsp3) is 0.471. The molecule has 0 aromatic heterocycles. The molecule has 1 aliphatic heterocycles. The molecule has 0 spiro atoms. The number of rotatable bonds is 6. The first-order valence-corrected chi connectivity index (χ1v) is 8.80. The molecule has 0 saturated carbocycles. The Morgan fingerprint density at radius 2 is 1.92 bits per heavy atom. The summed E-state index contributed by atoms with van der Waals surface area (Å²) in [4.78, 5) is 37.3. The Morgan fingerprint density at radius 1 is 1.28 bits per heavy atom. The van der Waals surface area contributed by atoms with Crippen LogP contribution >= 0.6 is 23.2 Å². The van der Waals surface area contributed by atoms with Gasteiger partial charge in [0.05, 0.1) is 0 Å². The summed E-state index contributed by atoms with van der Waals surface area (Å²) in [6, 6.07) is 4.02. The van der Waals surface area contributed by atoms with E-state index in [1.165, 1.54) is 23.1 Å². The SMILES string of the molecule is CC(CNC(=O)C1CCCN1C(=O)c1cc(Cl)cc(Cl)c1)CC(=O)O. The molecule has 1 fully saturated rings. The van der Waals surface area contributed by atoms with E-state index < -0.39 is 12.0 Å². The molecular formula is C17H20Cl2N2O4. The lowest BCUT2D eigenvalue weighted by Crippen LogP contribution is -2.46. The fourth-order valence-electron chi connectivity index (χ4n) is 2.89. The average molecular weight is 387 g/mol. The van der Waals surface area contributed by atoms with Crippen molar-refractivity contribution in [3.05, 3.63) is 33.8 Å². The number of hydrogen-bond acceptors (Lipinski definition) is 3. The smallest absolute Gasteiger partial charge is 0.303 e. The van der Waals surface area contributed by atoms with Crippen molar-refractivity contribution in [2.24, 2.45) is 5.92 Å². The van der Waals surface area contributed by atoms with Crippen molar-refractivity contribution in [1.29, 1.82) is 0 Å². The predicted octanol–water partition coefficient (Wildman–Crippen LogP) is 2.83. The van der Waals surface area contributed by atoms with Gasteiger partial charge in [0.1, 0.15) is 6.04 Å². The minimum Gasteiger partial charge on any atom is -0.481 e. The number of hydrogen-bond donors (Lipinski definition) is 2. The zero-order valence-electron chi connectivity index (χ0n) is 13.8. The van der Waals surface area contributed by atoms with Crippen LogP contribution in [0, 0.1) is 5.92 Å². The standard InChI is InChI=1S/C17H20Cl2N2O4/c1-10(5-15(22)23)9-20-16(24)14-3-2-4-21(14)17(25)11-6-12(18)8-13(19)7-11/h6-8,10,14H,2-5,9H2,1H3,(H,20,24)(H,22,23). The minimum atomic E-state index is -0.905. The van der Waals surface area contributed by atoms with Crippen molar-refractivity contribution in [2.75, 3.05) is 13.1 Å². The van der Waals surface area contributed by atoms with E-state index >= 15 is 0 Å². The van der Waals surface area contributed by atoms with Gasteiger partial charge in [0.2, 0.25) is 5.91 Å². The zero-order valence-corrected chi connectivity index (χ0v) is 15.3. The number of amides is 2. The summed E-state index contributed by atoms with van der Waals surface area (Å²) >= 11 is 11.9. The first-order chi connectivity index (χ1) is 11.8. The molecule has 1 heterocycles. The Kier molecular flexibility index (Phi) is 6.67. The van der Waals surface area contributed by atoms with Crippen molar-refractivity contribution in [1.82, 2.24) is 10.2 Å². The Balaban J connectivity index is 2.02. The summed E-state index contributed by atoms with van der Waals surface area (Å²) in [6.45, 7) is 2.48. The molecule has 2 amide bonds. The predicted molar refractivity (Wildman–Crippen MR) is 94.9 cm³/mol. The van der Waals surface area contributed by atoms with E-state index in [-0.39, 0.29) is 30.7 Å². The molecular weight excluding hydrogens is 367 g/mol. The van der Waals surface area contributed by atoms with Crippen LogP contribution in [-0.2, 0) is 9.59 Å². The third-order valence-corrected chi connectivity index (χ3v) is 4.51. The van der Waals surface area contributed by atoms with Crippen LogP contribution in [0.1, 0.15) is 36.5 Å². The molecule has 6 nitrogen and oxygen atoms in total. The number of carboxylic acid groups (broad SMARTS) is 1. The number of carbonyl (C=O) groups excluding carboxylic acids is 2. The summed E-state index contributed by atoms with van der Waals surface area (Å²) in [5.74, 6) is -1.65. The molecule has 0 bridgehead atoms. The van der Waals surface area contributed by atoms with Crippen LogP contribution in [0.15, 0.2) is 18.2 Å². The lowest BCUT2D eigenvalue weighted by Gasteiger charge is -2.24. The van der Waals surface area contributed by atoms with Gasteiger partial charge in [-0.15, -0.1) is 0 Å². The third-order valence-electron chi connectivity index (χ3n) is 4.07. The Hall–Kier alpha value is -1.79. The molecule has 1 aromatic carbocycles. The Bertz CT molecular complexity index is 660. The molecule has 1 aromatic rings. The molecule has 2 unspecified atom stereocenters. The molecule has 0 aliphatic carbocycles. The van der Waals surface area contributed by atoms with Gasteiger partial charge < -0.3 is 15.3 Å². The van der Waals surface area contributed by atoms with Gasteiger partial charge in [0, 0.05) is 35.1 Å². The number of nitrogens with zero attached hydrogens (tertiary/aromatic N) is 1. The van der Waals surface area contributed by atoms with Crippen molar-refractivity contribution in [3.63, 3.8) is 0 Å². The topological polar surface area (TPSA) is 86.7 Å². The van der Waals surface area contributed by atoms with E-state index in [4.69, 9.17) is 28.3 Å². The maximum atomic E-state index is 12.7. The second kappa shape index (κ2) is 8.54. The maximum Gasteiger partial charge on any atom is 0.303 e. The molecule has 1 saturated heterocycles. The number of carboxylic acids is 1. The molecule has 1 aliphatic rings. The number of halogens is 2. The number of aliphatic carboxylic acids is 1. The molecule has 8 heteroatoms. The Morgan fingerprint density at radius 3 is 2.52 bits per heavy atom. The molecule has 2 rings (SSSR count). The third kappa shape index (κ3) is 5.34. The van der Waals surface area contributed by atoms with Gasteiger partial charge in [-0.05, 0) is 37.0 Å². The van der Waals surface area contributed by atoms with E-state index in [0.717, 1.165) is 6.42 Å². The molecule has 136 valence electrons. The first-order valence-electron chi connectivity index (χ1n) is 8.04. The normalized spacial score (nSPS) is 18.0. The summed E-state index contributed by atoms with van der Waals surface area (Å²) in [6.07, 6.45) is 1.27. The van der Waals surface area contributed by atoms with Crippen molar-refractivity contribution >= 4 is 41.0 Å². The number of benzene rings is 1. The average Bonchev–Trinajstić information content (AvgIpc) is 2.99. The lowest BCUT2D eigenvalue weighted by atomic mass is 10.1. The van der Waals surface area contributed by atoms with Crippen molar-refractivity contribution in [2.45, 2.75) is 32.2 Å². The monoisotopic (exact) mass is 386 g/mol. The highest BCUT2D eigenvalue weighted by Crippen LogP contribution is 2.24. The molecule has 2 atom stereocenters. The van der Waals surface area contributed by atoms with Gasteiger partial charge in [-0.2, -0.15) is 0 Å². The van der Waals surface area contributed by atoms with Crippen LogP contribution in [0.5, 0.6) is 0 Å². The highest BCUT2D eigenvalue weighted by atomic mass is 35.5. The van der Waals surface area contributed by atoms with E-state index in [1.54, 1.807) is 6.92 Å². The minimum absolute atomic E-state index is 0.0192. The van der Waals surface area contributed by atoms with Crippen LogP contribution in [0.3, 0.4) is 0 Å². The van der Waals surface area contributed by atoms with Crippen LogP contribution in [0.2, 0.25) is 10.0 Å². The highest BCUT2D eigenvalue weighted by Gasteiger charge is 2.34. The second-order valence-electron chi connectivity index (χ2n) is 6.26. The quantitative estimate of drug-likeness (QED) is 0.786. The summed E-state index contributed by atoms with van der Waals surface area (Å²) in [5, 5.41) is 12.2. The zero-order chi connectivity index (χ0) is 18.6. The summed E-state index contributed by atoms with van der Waals surface area (Å²) < 4.78 is 0. The molecule has 0 radical (unpaired) electrons.